The number of aromatic nitrogens is 3. The van der Waals surface area contributed by atoms with Crippen molar-refractivity contribution in [3.8, 4) is 0 Å². The summed E-state index contributed by atoms with van der Waals surface area (Å²) < 4.78 is 21.9. The number of aliphatic hydroxyl groups excluding tert-OH is 1. The lowest BCUT2D eigenvalue weighted by atomic mass is 10.0. The molecule has 0 saturated carbocycles. The van der Waals surface area contributed by atoms with Crippen molar-refractivity contribution in [1.82, 2.24) is 24.4 Å². The lowest BCUT2D eigenvalue weighted by molar-refractivity contribution is -0.0159. The fourth-order valence-electron chi connectivity index (χ4n) is 6.00. The normalized spacial score (nSPS) is 23.0. The molecule has 0 bridgehead atoms. The smallest absolute Gasteiger partial charge is 0.254 e. The van der Waals surface area contributed by atoms with Crippen LogP contribution in [0.4, 0.5) is 15.8 Å². The molecule has 1 amide bonds. The van der Waals surface area contributed by atoms with E-state index in [1.54, 1.807) is 36.3 Å². The summed E-state index contributed by atoms with van der Waals surface area (Å²) in [7, 11) is 1.75. The molecule has 4 atom stereocenters. The lowest BCUT2D eigenvalue weighted by Crippen LogP contribution is -2.50. The largest absolute Gasteiger partial charge is 0.387 e. The maximum Gasteiger partial charge on any atom is 0.254 e. The van der Waals surface area contributed by atoms with Crippen molar-refractivity contribution in [2.45, 2.75) is 57.0 Å². The van der Waals surface area contributed by atoms with Crippen LogP contribution in [-0.2, 0) is 11.3 Å². The topological polar surface area (TPSA) is 119 Å². The lowest BCUT2D eigenvalue weighted by Gasteiger charge is -2.39. The first-order valence-corrected chi connectivity index (χ1v) is 13.7. The van der Waals surface area contributed by atoms with E-state index in [0.717, 1.165) is 43.9 Å². The Morgan fingerprint density at radius 1 is 1.27 bits per heavy atom. The van der Waals surface area contributed by atoms with Crippen molar-refractivity contribution in [1.29, 1.82) is 0 Å². The van der Waals surface area contributed by atoms with E-state index < -0.39 is 18.0 Å². The Labute approximate surface area is 232 Å². The predicted octanol–water partition coefficient (Wildman–Crippen LogP) is 1.81. The Hall–Kier alpha value is -3.32. The molecule has 3 aliphatic rings. The summed E-state index contributed by atoms with van der Waals surface area (Å²) in [6, 6.07) is 5.82. The number of alkyl halides is 1. The minimum Gasteiger partial charge on any atom is -0.387 e. The van der Waals surface area contributed by atoms with Crippen LogP contribution in [0.15, 0.2) is 36.8 Å². The van der Waals surface area contributed by atoms with Gasteiger partial charge in [-0.3, -0.25) is 9.69 Å². The number of nitrogens with one attached hydrogen (secondary N) is 1. The van der Waals surface area contributed by atoms with E-state index in [4.69, 9.17) is 4.74 Å². The summed E-state index contributed by atoms with van der Waals surface area (Å²) in [5, 5.41) is 28.9. The van der Waals surface area contributed by atoms with Crippen LogP contribution >= 0.6 is 0 Å². The highest BCUT2D eigenvalue weighted by molar-refractivity contribution is 6.00. The number of nitrogens with zero attached hydrogens (tertiary/aromatic N) is 6. The van der Waals surface area contributed by atoms with Crippen molar-refractivity contribution in [3.05, 3.63) is 53.5 Å². The van der Waals surface area contributed by atoms with Crippen molar-refractivity contribution in [2.24, 2.45) is 0 Å². The molecule has 1 unspecified atom stereocenters. The summed E-state index contributed by atoms with van der Waals surface area (Å²) in [6.45, 7) is 6.09. The van der Waals surface area contributed by atoms with E-state index in [1.807, 2.05) is 12.1 Å². The molecule has 40 heavy (non-hydrogen) atoms. The van der Waals surface area contributed by atoms with Crippen LogP contribution in [0.3, 0.4) is 0 Å². The highest BCUT2D eigenvalue weighted by Gasteiger charge is 2.39. The molecule has 3 N–H and O–H groups in total. The van der Waals surface area contributed by atoms with E-state index in [2.05, 4.69) is 25.2 Å². The first kappa shape index (κ1) is 26.9. The second-order valence-electron chi connectivity index (χ2n) is 11.6. The number of rotatable bonds is 8. The highest BCUT2D eigenvalue weighted by Crippen LogP contribution is 2.38. The monoisotopic (exact) mass is 553 g/mol. The molecule has 3 aliphatic heterocycles. The maximum atomic E-state index is 14.7. The van der Waals surface area contributed by atoms with Gasteiger partial charge in [-0.25, -0.2) is 13.9 Å². The average molecular weight is 554 g/mol. The van der Waals surface area contributed by atoms with Gasteiger partial charge in [0.1, 0.15) is 6.17 Å². The van der Waals surface area contributed by atoms with Crippen LogP contribution in [-0.4, -0.2) is 104 Å². The molecule has 3 aromatic rings. The molecule has 1 aromatic carbocycles. The zero-order chi connectivity index (χ0) is 28.2. The van der Waals surface area contributed by atoms with Gasteiger partial charge < -0.3 is 30.1 Å². The van der Waals surface area contributed by atoms with Gasteiger partial charge in [0.05, 0.1) is 41.4 Å². The zero-order valence-corrected chi connectivity index (χ0v) is 23.0. The average Bonchev–Trinajstić information content (AvgIpc) is 3.62. The second-order valence-corrected chi connectivity index (χ2v) is 11.6. The van der Waals surface area contributed by atoms with Crippen LogP contribution in [0.1, 0.15) is 48.0 Å². The first-order valence-electron chi connectivity index (χ1n) is 13.7. The molecule has 2 saturated heterocycles. The number of methoxy groups -OCH3 is 1. The molecular formula is C28H36FN7O4. The number of carbonyl (C=O) groups is 1. The Balaban J connectivity index is 1.32. The third-order valence-electron chi connectivity index (χ3n) is 8.39. The van der Waals surface area contributed by atoms with Gasteiger partial charge in [-0.05, 0) is 44.0 Å². The second kappa shape index (κ2) is 10.3. The minimum absolute atomic E-state index is 0.201. The summed E-state index contributed by atoms with van der Waals surface area (Å²) in [4.78, 5) is 23.8. The quantitative estimate of drug-likeness (QED) is 0.359. The number of piperazine rings is 1. The van der Waals surface area contributed by atoms with Crippen molar-refractivity contribution in [2.75, 3.05) is 50.1 Å². The summed E-state index contributed by atoms with van der Waals surface area (Å²) in [6.07, 6.45) is 3.43. The highest BCUT2D eigenvalue weighted by atomic mass is 19.1. The van der Waals surface area contributed by atoms with E-state index in [0.29, 0.717) is 28.5 Å². The Bertz CT molecular complexity index is 1410. The van der Waals surface area contributed by atoms with Crippen molar-refractivity contribution in [3.63, 3.8) is 0 Å². The zero-order valence-electron chi connectivity index (χ0n) is 23.0. The van der Waals surface area contributed by atoms with Crippen molar-refractivity contribution < 1.29 is 24.1 Å². The number of anilines is 2. The molecule has 11 nitrogen and oxygen atoms in total. The van der Waals surface area contributed by atoms with E-state index in [9.17, 15) is 19.4 Å². The summed E-state index contributed by atoms with van der Waals surface area (Å²) >= 11 is 0. The van der Waals surface area contributed by atoms with Gasteiger partial charge in [0.2, 0.25) is 0 Å². The molecule has 0 spiro atoms. The van der Waals surface area contributed by atoms with Crippen LogP contribution in [0.25, 0.3) is 5.65 Å². The maximum absolute atomic E-state index is 14.7. The number of carbonyl (C=O) groups excluding carboxylic acids is 1. The van der Waals surface area contributed by atoms with Gasteiger partial charge >= 0.3 is 0 Å². The van der Waals surface area contributed by atoms with Gasteiger partial charge in [-0.15, -0.1) is 0 Å². The fourth-order valence-corrected chi connectivity index (χ4v) is 6.00. The van der Waals surface area contributed by atoms with E-state index in [1.165, 1.54) is 18.7 Å². The molecule has 2 fully saturated rings. The molecule has 6 rings (SSSR count). The number of aliphatic hydroxyl groups is 2. The minimum atomic E-state index is -1.59. The van der Waals surface area contributed by atoms with Gasteiger partial charge in [-0.2, -0.15) is 5.10 Å². The molecule has 0 radical (unpaired) electrons. The summed E-state index contributed by atoms with van der Waals surface area (Å²) in [5.74, 6) is -0.263. The van der Waals surface area contributed by atoms with Crippen LogP contribution in [0.5, 0.6) is 0 Å². The third kappa shape index (κ3) is 4.89. The first-order chi connectivity index (χ1) is 19.1. The number of benzene rings is 1. The number of halogens is 1. The number of amides is 1. The third-order valence-corrected chi connectivity index (χ3v) is 8.39. The molecule has 5 heterocycles. The van der Waals surface area contributed by atoms with Crippen LogP contribution < -0.4 is 10.2 Å². The Morgan fingerprint density at radius 3 is 2.88 bits per heavy atom. The fraction of sp³-hybridized carbons (Fsp3) is 0.536. The molecule has 2 aromatic heterocycles. The van der Waals surface area contributed by atoms with Crippen LogP contribution in [0, 0.1) is 0 Å². The Kier molecular flexibility index (Phi) is 6.89. The van der Waals surface area contributed by atoms with Gasteiger partial charge in [0.25, 0.3) is 5.91 Å². The number of hydrogen-bond acceptors (Lipinski definition) is 9. The van der Waals surface area contributed by atoms with Crippen molar-refractivity contribution >= 4 is 22.9 Å². The molecule has 12 heteroatoms. The molecule has 0 aliphatic carbocycles. The molecular weight excluding hydrogens is 517 g/mol. The summed E-state index contributed by atoms with van der Waals surface area (Å²) in [5.41, 5.74) is 2.24. The van der Waals surface area contributed by atoms with Crippen LogP contribution in [0.2, 0.25) is 0 Å². The predicted molar refractivity (Wildman–Crippen MR) is 147 cm³/mol. The van der Waals surface area contributed by atoms with Gasteiger partial charge in [0.15, 0.2) is 11.9 Å². The molecule has 214 valence electrons. The SMILES string of the molecule is CO[C@@H]1C[C@H]2CN(c3cc4c(cc3NC(O)c3cnn5cccnc35)CN(C[C@@H](F)C(C)(C)O)C4=O)CCN2C1. The number of hydrogen-bond donors (Lipinski definition) is 3. The number of fused-ring (bicyclic) bond motifs is 3. The number of ether oxygens (including phenoxy) is 1. The van der Waals surface area contributed by atoms with E-state index in [-0.39, 0.29) is 25.1 Å². The van der Waals surface area contributed by atoms with Gasteiger partial charge in [0, 0.05) is 63.8 Å². The van der Waals surface area contributed by atoms with E-state index >= 15 is 0 Å². The Morgan fingerprint density at radius 2 is 2.10 bits per heavy atom. The van der Waals surface area contributed by atoms with Gasteiger partial charge in [-0.1, -0.05) is 0 Å². The standard InChI is InChI=1S/C28H36FN7O4/c1-28(2,39)24(29)16-35-13-17-9-22(32-26(37)21-12-31-36-6-4-5-30-25(21)36)23(11-20(17)27(35)38)34-8-7-33-15-19(40-3)10-18(33)14-34/h4-6,9,11-12,18-19,24,26,32,37,39H,7-8,10,13-16H2,1-3H3/t18-,19+,24+,26?/m0/s1.